The van der Waals surface area contributed by atoms with Crippen LogP contribution in [0.5, 0.6) is 0 Å². The second-order valence-corrected chi connectivity index (χ2v) is 9.44. The molecule has 7 nitrogen and oxygen atoms in total. The zero-order valence-electron chi connectivity index (χ0n) is 17.6. The molecule has 2 heterocycles. The molecule has 1 saturated heterocycles. The lowest BCUT2D eigenvalue weighted by Crippen LogP contribution is -2.49. The predicted molar refractivity (Wildman–Crippen MR) is 123 cm³/mol. The fraction of sp³-hybridized carbons (Fsp3) is 0.304. The molecule has 1 aliphatic heterocycles. The molecule has 0 spiro atoms. The predicted octanol–water partition coefficient (Wildman–Crippen LogP) is 3.16. The summed E-state index contributed by atoms with van der Waals surface area (Å²) in [6.45, 7) is 4.75. The van der Waals surface area contributed by atoms with Gasteiger partial charge in [-0.1, -0.05) is 49.4 Å². The minimum absolute atomic E-state index is 0.354. The first-order valence-electron chi connectivity index (χ1n) is 10.5. The minimum atomic E-state index is -3.47. The Morgan fingerprint density at radius 3 is 2.16 bits per heavy atom. The van der Waals surface area contributed by atoms with Crippen molar-refractivity contribution in [2.45, 2.75) is 24.8 Å². The molecule has 0 saturated carbocycles. The highest BCUT2D eigenvalue weighted by molar-refractivity contribution is 7.89. The smallest absolute Gasteiger partial charge is 0.243 e. The zero-order chi connectivity index (χ0) is 21.7. The second-order valence-electron chi connectivity index (χ2n) is 7.50. The molecule has 2 aromatic carbocycles. The molecule has 0 amide bonds. The van der Waals surface area contributed by atoms with E-state index in [0.29, 0.717) is 43.4 Å². The number of hydrogen-bond donors (Lipinski definition) is 1. The maximum absolute atomic E-state index is 12.9. The van der Waals surface area contributed by atoms with E-state index in [4.69, 9.17) is 0 Å². The highest BCUT2D eigenvalue weighted by atomic mass is 32.2. The topological polar surface area (TPSA) is 78.4 Å². The third-order valence-electron chi connectivity index (χ3n) is 5.50. The van der Waals surface area contributed by atoms with Crippen molar-refractivity contribution in [3.8, 4) is 0 Å². The zero-order valence-corrected chi connectivity index (χ0v) is 18.4. The van der Waals surface area contributed by atoms with Crippen LogP contribution in [0.1, 0.15) is 18.1 Å². The van der Waals surface area contributed by atoms with Crippen molar-refractivity contribution in [1.29, 1.82) is 0 Å². The first-order chi connectivity index (χ1) is 15.1. The number of sulfonamides is 1. The minimum Gasteiger partial charge on any atom is -0.365 e. The summed E-state index contributed by atoms with van der Waals surface area (Å²) in [7, 11) is -3.47. The van der Waals surface area contributed by atoms with Crippen molar-refractivity contribution < 1.29 is 8.42 Å². The van der Waals surface area contributed by atoms with Crippen LogP contribution < -0.4 is 10.2 Å². The van der Waals surface area contributed by atoms with Crippen LogP contribution in [0, 0.1) is 0 Å². The average molecular weight is 438 g/mol. The summed E-state index contributed by atoms with van der Waals surface area (Å²) in [5.74, 6) is 1.47. The summed E-state index contributed by atoms with van der Waals surface area (Å²) in [5.41, 5.74) is 2.30. The Labute approximate surface area is 183 Å². The standard InChI is InChI=1S/C23H27N5O2S/c1-2-19-8-10-21(11-9-19)31(29,30)28-16-14-27(15-17-28)23-13-12-22(25-26-23)24-18-20-6-4-3-5-7-20/h3-13H,2,14-18H2,1H3,(H,24,25). The molecule has 31 heavy (non-hydrogen) atoms. The van der Waals surface area contributed by atoms with E-state index in [2.05, 4.69) is 39.5 Å². The van der Waals surface area contributed by atoms with E-state index in [0.717, 1.165) is 17.8 Å². The SMILES string of the molecule is CCc1ccc(S(=O)(=O)N2CCN(c3ccc(NCc4ccccc4)nn3)CC2)cc1. The molecule has 0 aliphatic carbocycles. The fourth-order valence-corrected chi connectivity index (χ4v) is 5.00. The Kier molecular flexibility index (Phi) is 6.48. The van der Waals surface area contributed by atoms with Crippen LogP contribution in [-0.2, 0) is 23.0 Å². The van der Waals surface area contributed by atoms with Crippen LogP contribution in [-0.4, -0.2) is 49.1 Å². The largest absolute Gasteiger partial charge is 0.365 e. The monoisotopic (exact) mass is 437 g/mol. The molecule has 0 bridgehead atoms. The van der Waals surface area contributed by atoms with Crippen molar-refractivity contribution in [2.75, 3.05) is 36.4 Å². The molecule has 1 fully saturated rings. The second kappa shape index (κ2) is 9.45. The van der Waals surface area contributed by atoms with Gasteiger partial charge in [-0.3, -0.25) is 0 Å². The number of nitrogens with zero attached hydrogens (tertiary/aromatic N) is 4. The Bertz CT molecular complexity index is 1080. The number of nitrogens with one attached hydrogen (secondary N) is 1. The first kappa shape index (κ1) is 21.3. The molecule has 0 radical (unpaired) electrons. The van der Waals surface area contributed by atoms with Crippen molar-refractivity contribution in [2.24, 2.45) is 0 Å². The van der Waals surface area contributed by atoms with E-state index in [-0.39, 0.29) is 0 Å². The molecular formula is C23H27N5O2S. The molecule has 1 aromatic heterocycles. The van der Waals surface area contributed by atoms with E-state index >= 15 is 0 Å². The van der Waals surface area contributed by atoms with Crippen LogP contribution in [0.2, 0.25) is 0 Å². The lowest BCUT2D eigenvalue weighted by atomic mass is 10.2. The molecule has 1 N–H and O–H groups in total. The fourth-order valence-electron chi connectivity index (χ4n) is 3.58. The summed E-state index contributed by atoms with van der Waals surface area (Å²) < 4.78 is 27.4. The van der Waals surface area contributed by atoms with Crippen molar-refractivity contribution in [3.63, 3.8) is 0 Å². The molecule has 162 valence electrons. The number of rotatable bonds is 7. The van der Waals surface area contributed by atoms with Crippen LogP contribution in [0.3, 0.4) is 0 Å². The van der Waals surface area contributed by atoms with Crippen LogP contribution in [0.15, 0.2) is 71.6 Å². The lowest BCUT2D eigenvalue weighted by Gasteiger charge is -2.34. The van der Waals surface area contributed by atoms with Gasteiger partial charge in [0.1, 0.15) is 5.82 Å². The summed E-state index contributed by atoms with van der Waals surface area (Å²) in [6.07, 6.45) is 0.889. The average Bonchev–Trinajstić information content (AvgIpc) is 2.84. The number of hydrogen-bond acceptors (Lipinski definition) is 6. The maximum Gasteiger partial charge on any atom is 0.243 e. The van der Waals surface area contributed by atoms with Gasteiger partial charge in [-0.15, -0.1) is 10.2 Å². The third kappa shape index (κ3) is 5.03. The Hall–Kier alpha value is -2.97. The number of anilines is 2. The van der Waals surface area contributed by atoms with Crippen LogP contribution in [0.25, 0.3) is 0 Å². The van der Waals surface area contributed by atoms with Gasteiger partial charge in [-0.05, 0) is 41.8 Å². The van der Waals surface area contributed by atoms with Gasteiger partial charge in [0, 0.05) is 32.7 Å². The van der Waals surface area contributed by atoms with Gasteiger partial charge in [0.2, 0.25) is 10.0 Å². The van der Waals surface area contributed by atoms with E-state index < -0.39 is 10.0 Å². The quantitative estimate of drug-likeness (QED) is 0.612. The summed E-state index contributed by atoms with van der Waals surface area (Å²) in [5, 5.41) is 11.9. The van der Waals surface area contributed by atoms with Gasteiger partial charge in [0.05, 0.1) is 4.90 Å². The third-order valence-corrected chi connectivity index (χ3v) is 7.41. The number of benzene rings is 2. The normalized spacial score (nSPS) is 15.1. The van der Waals surface area contributed by atoms with Crippen molar-refractivity contribution in [3.05, 3.63) is 77.9 Å². The highest BCUT2D eigenvalue weighted by Gasteiger charge is 2.29. The molecule has 0 atom stereocenters. The number of aryl methyl sites for hydroxylation is 1. The van der Waals surface area contributed by atoms with Gasteiger partial charge >= 0.3 is 0 Å². The Balaban J connectivity index is 1.33. The molecule has 1 aliphatic rings. The van der Waals surface area contributed by atoms with Crippen molar-refractivity contribution >= 4 is 21.7 Å². The van der Waals surface area contributed by atoms with Gasteiger partial charge in [-0.2, -0.15) is 4.31 Å². The number of aromatic nitrogens is 2. The van der Waals surface area contributed by atoms with Gasteiger partial charge in [0.25, 0.3) is 0 Å². The number of piperazine rings is 1. The van der Waals surface area contributed by atoms with Crippen LogP contribution >= 0.6 is 0 Å². The Morgan fingerprint density at radius 1 is 0.839 bits per heavy atom. The van der Waals surface area contributed by atoms with E-state index in [9.17, 15) is 8.42 Å². The summed E-state index contributed by atoms with van der Waals surface area (Å²) >= 11 is 0. The summed E-state index contributed by atoms with van der Waals surface area (Å²) in [4.78, 5) is 2.42. The highest BCUT2D eigenvalue weighted by Crippen LogP contribution is 2.21. The molecule has 0 unspecified atom stereocenters. The van der Waals surface area contributed by atoms with E-state index in [1.54, 1.807) is 16.4 Å². The Morgan fingerprint density at radius 2 is 1.55 bits per heavy atom. The molecule has 3 aromatic rings. The van der Waals surface area contributed by atoms with Gasteiger partial charge in [0.15, 0.2) is 5.82 Å². The van der Waals surface area contributed by atoms with Gasteiger partial charge in [-0.25, -0.2) is 8.42 Å². The molecular weight excluding hydrogens is 410 g/mol. The first-order valence-corrected chi connectivity index (χ1v) is 12.0. The summed E-state index contributed by atoms with van der Waals surface area (Å²) in [6, 6.07) is 21.1. The van der Waals surface area contributed by atoms with E-state index in [1.165, 1.54) is 5.56 Å². The van der Waals surface area contributed by atoms with E-state index in [1.807, 2.05) is 42.5 Å². The van der Waals surface area contributed by atoms with Gasteiger partial charge < -0.3 is 10.2 Å². The molecule has 4 rings (SSSR count). The lowest BCUT2D eigenvalue weighted by molar-refractivity contribution is 0.383. The molecule has 8 heteroatoms. The maximum atomic E-state index is 12.9. The van der Waals surface area contributed by atoms with Crippen LogP contribution in [0.4, 0.5) is 11.6 Å². The van der Waals surface area contributed by atoms with Crippen molar-refractivity contribution in [1.82, 2.24) is 14.5 Å².